The van der Waals surface area contributed by atoms with Crippen molar-refractivity contribution in [1.29, 1.82) is 0 Å². The Kier molecular flexibility index (Phi) is 5.72. The number of nitrogens with one attached hydrogen (secondary N) is 1. The third-order valence-corrected chi connectivity index (χ3v) is 2.73. The largest absolute Gasteiger partial charge is 0.377 e. The number of rotatable bonds is 6. The number of nitro benzene ring substituents is 1. The van der Waals surface area contributed by atoms with E-state index in [1.165, 1.54) is 12.1 Å². The van der Waals surface area contributed by atoms with Crippen LogP contribution in [0.4, 0.5) is 5.69 Å². The van der Waals surface area contributed by atoms with Crippen LogP contribution in [0.5, 0.6) is 0 Å². The average molecular weight is 287 g/mol. The maximum atomic E-state index is 11.8. The molecule has 1 N–H and O–H groups in total. The Balaban J connectivity index is 2.72. The van der Waals surface area contributed by atoms with Crippen LogP contribution in [0, 0.1) is 10.1 Å². The first kappa shape index (κ1) is 15.4. The van der Waals surface area contributed by atoms with Crippen molar-refractivity contribution in [1.82, 2.24) is 5.32 Å². The number of carbonyl (C=O) groups is 1. The number of hydrogen-bond donors (Lipinski definition) is 1. The molecule has 0 radical (unpaired) electrons. The lowest BCUT2D eigenvalue weighted by atomic mass is 10.2. The van der Waals surface area contributed by atoms with Crippen LogP contribution < -0.4 is 5.32 Å². The zero-order valence-electron chi connectivity index (χ0n) is 10.7. The molecular weight excluding hydrogens is 272 g/mol. The molecule has 19 heavy (non-hydrogen) atoms. The van der Waals surface area contributed by atoms with Gasteiger partial charge in [-0.15, -0.1) is 0 Å². The van der Waals surface area contributed by atoms with Gasteiger partial charge in [0.2, 0.25) is 0 Å². The molecular formula is C12H15ClN2O4. The summed E-state index contributed by atoms with van der Waals surface area (Å²) in [6.07, 6.45) is -0.115. The molecule has 0 aliphatic rings. The lowest BCUT2D eigenvalue weighted by molar-refractivity contribution is -0.384. The molecule has 1 aromatic carbocycles. The fourth-order valence-electron chi connectivity index (χ4n) is 1.48. The van der Waals surface area contributed by atoms with Crippen molar-refractivity contribution in [3.05, 3.63) is 38.9 Å². The van der Waals surface area contributed by atoms with Crippen LogP contribution in [-0.4, -0.2) is 30.1 Å². The highest BCUT2D eigenvalue weighted by Gasteiger charge is 2.16. The van der Waals surface area contributed by atoms with Gasteiger partial charge in [0.15, 0.2) is 0 Å². The van der Waals surface area contributed by atoms with E-state index < -0.39 is 10.8 Å². The van der Waals surface area contributed by atoms with Crippen LogP contribution in [0.25, 0.3) is 0 Å². The molecule has 6 nitrogen and oxygen atoms in total. The van der Waals surface area contributed by atoms with Crippen LogP contribution in [0.3, 0.4) is 0 Å². The topological polar surface area (TPSA) is 81.5 Å². The summed E-state index contributed by atoms with van der Waals surface area (Å²) in [5.74, 6) is -0.397. The maximum absolute atomic E-state index is 11.8. The molecule has 7 heteroatoms. The van der Waals surface area contributed by atoms with Gasteiger partial charge in [0, 0.05) is 24.8 Å². The monoisotopic (exact) mass is 286 g/mol. The van der Waals surface area contributed by atoms with Gasteiger partial charge in [-0.05, 0) is 26.0 Å². The summed E-state index contributed by atoms with van der Waals surface area (Å²) in [4.78, 5) is 21.9. The Morgan fingerprint density at radius 1 is 1.58 bits per heavy atom. The molecule has 1 unspecified atom stereocenters. The smallest absolute Gasteiger partial charge is 0.288 e. The van der Waals surface area contributed by atoms with Crippen LogP contribution in [-0.2, 0) is 4.74 Å². The fourth-order valence-corrected chi connectivity index (χ4v) is 1.66. The highest BCUT2D eigenvalue weighted by molar-refractivity contribution is 6.32. The van der Waals surface area contributed by atoms with E-state index in [1.54, 1.807) is 0 Å². The van der Waals surface area contributed by atoms with Gasteiger partial charge in [-0.25, -0.2) is 0 Å². The Morgan fingerprint density at radius 3 is 2.84 bits per heavy atom. The summed E-state index contributed by atoms with van der Waals surface area (Å²) in [5, 5.41) is 13.4. The highest BCUT2D eigenvalue weighted by Crippen LogP contribution is 2.24. The van der Waals surface area contributed by atoms with Crippen molar-refractivity contribution in [3.8, 4) is 0 Å². The third kappa shape index (κ3) is 4.50. The van der Waals surface area contributed by atoms with E-state index in [9.17, 15) is 14.9 Å². The molecule has 104 valence electrons. The number of amides is 1. The summed E-state index contributed by atoms with van der Waals surface area (Å²) in [7, 11) is 0. The van der Waals surface area contributed by atoms with Gasteiger partial charge in [-0.3, -0.25) is 14.9 Å². The van der Waals surface area contributed by atoms with Crippen molar-refractivity contribution in [2.24, 2.45) is 0 Å². The van der Waals surface area contributed by atoms with Crippen molar-refractivity contribution >= 4 is 23.2 Å². The number of hydrogen-bond acceptors (Lipinski definition) is 4. The summed E-state index contributed by atoms with van der Waals surface area (Å²) in [6.45, 7) is 4.58. The van der Waals surface area contributed by atoms with Crippen LogP contribution >= 0.6 is 11.6 Å². The fraction of sp³-hybridized carbons (Fsp3) is 0.417. The second-order valence-corrected chi connectivity index (χ2v) is 4.31. The molecule has 0 bridgehead atoms. The highest BCUT2D eigenvalue weighted by atomic mass is 35.5. The molecule has 0 aromatic heterocycles. The Labute approximate surface area is 115 Å². The van der Waals surface area contributed by atoms with E-state index in [0.717, 1.165) is 6.07 Å². The minimum absolute atomic E-state index is 0.00392. The number of carbonyl (C=O) groups excluding carboxylic acids is 1. The van der Waals surface area contributed by atoms with Gasteiger partial charge in [0.05, 0.1) is 11.0 Å². The minimum Gasteiger partial charge on any atom is -0.377 e. The number of nitrogens with zero attached hydrogens (tertiary/aromatic N) is 1. The molecule has 1 aromatic rings. The predicted octanol–water partition coefficient (Wildman–Crippen LogP) is 2.40. The lowest BCUT2D eigenvalue weighted by Gasteiger charge is -2.12. The zero-order chi connectivity index (χ0) is 14.4. The molecule has 0 aliphatic carbocycles. The third-order valence-electron chi connectivity index (χ3n) is 2.41. The summed E-state index contributed by atoms with van der Waals surface area (Å²) in [6, 6.07) is 3.93. The van der Waals surface area contributed by atoms with E-state index in [0.29, 0.717) is 13.2 Å². The second kappa shape index (κ2) is 7.06. The quantitative estimate of drug-likeness (QED) is 0.643. The van der Waals surface area contributed by atoms with E-state index in [1.807, 2.05) is 13.8 Å². The molecule has 0 heterocycles. The van der Waals surface area contributed by atoms with Gasteiger partial charge in [-0.2, -0.15) is 0 Å². The first-order chi connectivity index (χ1) is 8.95. The minimum atomic E-state index is -0.623. The van der Waals surface area contributed by atoms with Crippen molar-refractivity contribution in [2.45, 2.75) is 20.0 Å². The molecule has 1 rings (SSSR count). The number of halogens is 1. The summed E-state index contributed by atoms with van der Waals surface area (Å²) >= 11 is 5.67. The predicted molar refractivity (Wildman–Crippen MR) is 71.5 cm³/mol. The van der Waals surface area contributed by atoms with Crippen LogP contribution in [0.1, 0.15) is 24.2 Å². The molecule has 0 fully saturated rings. The lowest BCUT2D eigenvalue weighted by Crippen LogP contribution is -2.32. The first-order valence-corrected chi connectivity index (χ1v) is 6.17. The van der Waals surface area contributed by atoms with Gasteiger partial charge in [0.25, 0.3) is 11.6 Å². The van der Waals surface area contributed by atoms with Gasteiger partial charge in [-0.1, -0.05) is 11.6 Å². The van der Waals surface area contributed by atoms with E-state index in [4.69, 9.17) is 16.3 Å². The molecule has 0 saturated heterocycles. The number of ether oxygens (including phenoxy) is 1. The van der Waals surface area contributed by atoms with E-state index in [-0.39, 0.29) is 22.4 Å². The van der Waals surface area contributed by atoms with Crippen LogP contribution in [0.15, 0.2) is 18.2 Å². The molecule has 1 amide bonds. The summed E-state index contributed by atoms with van der Waals surface area (Å²) in [5.41, 5.74) is -0.0908. The van der Waals surface area contributed by atoms with E-state index in [2.05, 4.69) is 5.32 Å². The molecule has 0 saturated carbocycles. The van der Waals surface area contributed by atoms with Gasteiger partial charge in [0.1, 0.15) is 5.02 Å². The SMILES string of the molecule is CCOC(C)CNC(=O)c1ccc(Cl)c([N+](=O)[O-])c1. The number of nitro groups is 1. The Hall–Kier alpha value is -1.66. The van der Waals surface area contributed by atoms with Gasteiger partial charge < -0.3 is 10.1 Å². The number of benzene rings is 1. The van der Waals surface area contributed by atoms with Crippen molar-refractivity contribution < 1.29 is 14.5 Å². The van der Waals surface area contributed by atoms with E-state index >= 15 is 0 Å². The average Bonchev–Trinajstić information content (AvgIpc) is 2.36. The molecule has 0 spiro atoms. The Bertz CT molecular complexity index is 479. The molecule has 1 atom stereocenters. The standard InChI is InChI=1S/C12H15ClN2O4/c1-3-19-8(2)7-14-12(16)9-4-5-10(13)11(6-9)15(17)18/h4-6,8H,3,7H2,1-2H3,(H,14,16). The normalized spacial score (nSPS) is 11.9. The van der Waals surface area contributed by atoms with Crippen molar-refractivity contribution in [2.75, 3.05) is 13.2 Å². The maximum Gasteiger partial charge on any atom is 0.288 e. The van der Waals surface area contributed by atoms with Gasteiger partial charge >= 0.3 is 0 Å². The molecule has 0 aliphatic heterocycles. The van der Waals surface area contributed by atoms with Crippen LogP contribution in [0.2, 0.25) is 5.02 Å². The Morgan fingerprint density at radius 2 is 2.26 bits per heavy atom. The summed E-state index contributed by atoms with van der Waals surface area (Å²) < 4.78 is 5.27. The first-order valence-electron chi connectivity index (χ1n) is 5.79. The van der Waals surface area contributed by atoms with Crippen molar-refractivity contribution in [3.63, 3.8) is 0 Å². The zero-order valence-corrected chi connectivity index (χ0v) is 11.4. The second-order valence-electron chi connectivity index (χ2n) is 3.90.